The zero-order valence-corrected chi connectivity index (χ0v) is 44.7. The van der Waals surface area contributed by atoms with Crippen LogP contribution in [0, 0.1) is 0 Å². The molecule has 0 N–H and O–H groups in total. The number of para-hydroxylation sites is 6. The first-order chi connectivity index (χ1) is 39.7. The Kier molecular flexibility index (Phi) is 12.8. The topological polar surface area (TPSA) is 13.0 Å². The Balaban J connectivity index is 0.802. The summed E-state index contributed by atoms with van der Waals surface area (Å²) in [6.07, 6.45) is 6.00. The number of anilines is 12. The Morgan fingerprint density at radius 1 is 0.225 bits per heavy atom. The van der Waals surface area contributed by atoms with Gasteiger partial charge in [0.25, 0.3) is 0 Å². The molecule has 14 rings (SSSR count). The summed E-state index contributed by atoms with van der Waals surface area (Å²) >= 11 is 0. The van der Waals surface area contributed by atoms with Crippen molar-refractivity contribution in [2.75, 3.05) is 19.6 Å². The van der Waals surface area contributed by atoms with Crippen LogP contribution in [0.15, 0.2) is 303 Å². The molecule has 0 aromatic heterocycles. The Hall–Kier alpha value is -9.90. The normalized spacial score (nSPS) is 13.1. The van der Waals surface area contributed by atoms with E-state index in [0.29, 0.717) is 0 Å². The highest BCUT2D eigenvalue weighted by Gasteiger charge is 2.44. The van der Waals surface area contributed by atoms with Gasteiger partial charge in [-0.1, -0.05) is 189 Å². The molecule has 80 heavy (non-hydrogen) atoms. The highest BCUT2D eigenvalue weighted by atomic mass is 15.2. The molecule has 0 heterocycles. The monoisotopic (exact) mass is 1030 g/mol. The maximum atomic E-state index is 2.53. The maximum Gasteiger partial charge on any atom is 0.0541 e. The lowest BCUT2D eigenvalue weighted by Crippen LogP contribution is -2.28. The van der Waals surface area contributed by atoms with Crippen molar-refractivity contribution in [3.63, 3.8) is 0 Å². The minimum Gasteiger partial charge on any atom is -0.310 e. The zero-order valence-electron chi connectivity index (χ0n) is 44.7. The molecule has 2 aliphatic rings. The van der Waals surface area contributed by atoms with E-state index in [-0.39, 0.29) is 5.41 Å². The lowest BCUT2D eigenvalue weighted by atomic mass is 9.67. The minimum absolute atomic E-state index is 0.0645. The first-order valence-corrected chi connectivity index (χ1v) is 28.2. The lowest BCUT2D eigenvalue weighted by molar-refractivity contribution is 0.353. The maximum absolute atomic E-state index is 2.53. The number of fused-ring (bicyclic) bond motifs is 6. The van der Waals surface area contributed by atoms with E-state index in [2.05, 4.69) is 323 Å². The van der Waals surface area contributed by atoms with Crippen molar-refractivity contribution in [1.82, 2.24) is 0 Å². The second kappa shape index (κ2) is 21.1. The molecule has 4 nitrogen and oxygen atoms in total. The Labute approximate surface area is 470 Å². The Morgan fingerprint density at radius 3 is 0.838 bits per heavy atom. The molecule has 12 aromatic carbocycles. The van der Waals surface area contributed by atoms with Crippen LogP contribution in [-0.2, 0) is 5.41 Å². The van der Waals surface area contributed by atoms with Gasteiger partial charge < -0.3 is 19.6 Å². The van der Waals surface area contributed by atoms with Crippen LogP contribution in [0.2, 0.25) is 0 Å². The molecule has 0 amide bonds. The summed E-state index contributed by atoms with van der Waals surface area (Å²) in [5.74, 6) is 0. The summed E-state index contributed by atoms with van der Waals surface area (Å²) in [6, 6.07) is 111. The highest BCUT2D eigenvalue weighted by molar-refractivity contribution is 6.07. The molecule has 4 heteroatoms. The number of rotatable bonds is 13. The van der Waals surface area contributed by atoms with Crippen LogP contribution >= 0.6 is 0 Å². The fourth-order valence-electron chi connectivity index (χ4n) is 12.9. The van der Waals surface area contributed by atoms with E-state index in [0.717, 1.165) is 80.8 Å². The zero-order chi connectivity index (χ0) is 53.2. The molecular weight excluding hydrogens is 969 g/mol. The van der Waals surface area contributed by atoms with E-state index in [1.54, 1.807) is 0 Å². The molecule has 1 spiro atoms. The Morgan fingerprint density at radius 2 is 0.500 bits per heavy atom. The van der Waals surface area contributed by atoms with Crippen molar-refractivity contribution >= 4 is 79.0 Å². The third-order valence-corrected chi connectivity index (χ3v) is 16.6. The van der Waals surface area contributed by atoms with Crippen LogP contribution < -0.4 is 19.6 Å². The average molecular weight is 1030 g/mol. The second-order valence-electron chi connectivity index (χ2n) is 21.2. The van der Waals surface area contributed by atoms with Gasteiger partial charge in [0, 0.05) is 73.1 Å². The average Bonchev–Trinajstić information content (AvgIpc) is 4.05. The van der Waals surface area contributed by atoms with E-state index in [4.69, 9.17) is 0 Å². The van der Waals surface area contributed by atoms with E-state index >= 15 is 0 Å². The smallest absolute Gasteiger partial charge is 0.0541 e. The van der Waals surface area contributed by atoms with Crippen LogP contribution in [0.1, 0.15) is 43.2 Å². The second-order valence-corrected chi connectivity index (χ2v) is 21.2. The van der Waals surface area contributed by atoms with Crippen LogP contribution in [-0.4, -0.2) is 0 Å². The quantitative estimate of drug-likeness (QED) is 0.114. The molecular formula is C76H60N4. The van der Waals surface area contributed by atoms with Gasteiger partial charge in [0.1, 0.15) is 0 Å². The van der Waals surface area contributed by atoms with Gasteiger partial charge in [0.05, 0.1) is 11.4 Å². The van der Waals surface area contributed by atoms with E-state index in [9.17, 15) is 0 Å². The van der Waals surface area contributed by atoms with Crippen LogP contribution in [0.3, 0.4) is 0 Å². The van der Waals surface area contributed by atoms with Crippen LogP contribution in [0.25, 0.3) is 33.0 Å². The van der Waals surface area contributed by atoms with Crippen molar-refractivity contribution < 1.29 is 0 Å². The lowest BCUT2D eigenvalue weighted by Gasteiger charge is -2.37. The molecule has 2 aliphatic carbocycles. The number of hydrogen-bond donors (Lipinski definition) is 0. The molecule has 0 radical (unpaired) electrons. The van der Waals surface area contributed by atoms with E-state index < -0.39 is 0 Å². The van der Waals surface area contributed by atoms with Gasteiger partial charge in [0.15, 0.2) is 0 Å². The first-order valence-electron chi connectivity index (χ1n) is 28.2. The summed E-state index contributed by atoms with van der Waals surface area (Å²) in [5.41, 5.74) is 21.5. The summed E-state index contributed by atoms with van der Waals surface area (Å²) in [4.78, 5) is 9.60. The fourth-order valence-corrected chi connectivity index (χ4v) is 12.9. The molecule has 0 bridgehead atoms. The standard InChI is InChI=1S/C76H60N4/c1-8-24-58(25-9-1)77(59-26-10-2-11-27-59)66-46-48-68-69-49-47-67(55-73(69)76(72(68)54-66)52-22-7-23-53-76)78(60-28-12-3-13-29-60)64-42-38-56(39-43-64)57-40-44-65(45-41-57)80(63-34-18-6-19-35-63)75-51-50-74(70-36-20-21-37-71(70)75)79(61-30-14-4-15-31-61)62-32-16-5-17-33-62/h1-6,8-21,24-51,54-55H,7,22-23,52-53H2. The van der Waals surface area contributed by atoms with Crippen LogP contribution in [0.4, 0.5) is 68.2 Å². The molecule has 0 atom stereocenters. The van der Waals surface area contributed by atoms with Gasteiger partial charge in [-0.15, -0.1) is 0 Å². The molecule has 0 unspecified atom stereocenters. The van der Waals surface area contributed by atoms with Crippen molar-refractivity contribution in [2.45, 2.75) is 37.5 Å². The minimum atomic E-state index is -0.0645. The summed E-state index contributed by atoms with van der Waals surface area (Å²) in [6.45, 7) is 0. The summed E-state index contributed by atoms with van der Waals surface area (Å²) < 4.78 is 0. The van der Waals surface area contributed by atoms with Crippen molar-refractivity contribution in [3.8, 4) is 22.3 Å². The van der Waals surface area contributed by atoms with Gasteiger partial charge in [-0.05, 0) is 180 Å². The van der Waals surface area contributed by atoms with Gasteiger partial charge in [-0.2, -0.15) is 0 Å². The van der Waals surface area contributed by atoms with Crippen molar-refractivity contribution in [2.24, 2.45) is 0 Å². The van der Waals surface area contributed by atoms with Gasteiger partial charge >= 0.3 is 0 Å². The number of nitrogens with zero attached hydrogens (tertiary/aromatic N) is 4. The molecule has 12 aromatic rings. The third kappa shape index (κ3) is 8.85. The summed E-state index contributed by atoms with van der Waals surface area (Å²) in [5, 5.41) is 2.33. The van der Waals surface area contributed by atoms with E-state index in [1.807, 2.05) is 0 Å². The first kappa shape index (κ1) is 48.5. The van der Waals surface area contributed by atoms with Crippen molar-refractivity contribution in [3.05, 3.63) is 314 Å². The highest BCUT2D eigenvalue weighted by Crippen LogP contribution is 2.58. The molecule has 1 saturated carbocycles. The van der Waals surface area contributed by atoms with Gasteiger partial charge in [-0.25, -0.2) is 0 Å². The Bertz CT molecular complexity index is 3990. The largest absolute Gasteiger partial charge is 0.310 e. The van der Waals surface area contributed by atoms with Crippen molar-refractivity contribution in [1.29, 1.82) is 0 Å². The van der Waals surface area contributed by atoms with E-state index in [1.165, 1.54) is 63.7 Å². The molecule has 1 fully saturated rings. The van der Waals surface area contributed by atoms with Gasteiger partial charge in [0.2, 0.25) is 0 Å². The molecule has 0 aliphatic heterocycles. The fraction of sp³-hybridized carbons (Fsp3) is 0.0789. The number of benzene rings is 12. The molecule has 0 saturated heterocycles. The predicted molar refractivity (Wildman–Crippen MR) is 337 cm³/mol. The number of hydrogen-bond acceptors (Lipinski definition) is 4. The van der Waals surface area contributed by atoms with Gasteiger partial charge in [-0.3, -0.25) is 0 Å². The SMILES string of the molecule is c1ccc(N(c2ccccc2)c2ccc3c(c2)C2(CCCCC2)c2cc(N(c4ccccc4)c4ccc(-c5ccc(N(c6ccccc6)c6ccc(N(c7ccccc7)c7ccccc7)c7ccccc67)cc5)cc4)ccc2-3)cc1. The third-order valence-electron chi connectivity index (χ3n) is 16.6. The summed E-state index contributed by atoms with van der Waals surface area (Å²) in [7, 11) is 0. The predicted octanol–water partition coefficient (Wildman–Crippen LogP) is 21.6. The van der Waals surface area contributed by atoms with Crippen LogP contribution in [0.5, 0.6) is 0 Å². The molecule has 384 valence electrons.